The van der Waals surface area contributed by atoms with E-state index in [0.29, 0.717) is 12.2 Å². The van der Waals surface area contributed by atoms with Crippen LogP contribution < -0.4 is 10.8 Å². The van der Waals surface area contributed by atoms with Gasteiger partial charge in [0.15, 0.2) is 0 Å². The number of hydroxylamine groups is 1. The molecule has 0 bridgehead atoms. The zero-order valence-electron chi connectivity index (χ0n) is 17.5. The van der Waals surface area contributed by atoms with Gasteiger partial charge in [0.2, 0.25) is 0 Å². The van der Waals surface area contributed by atoms with E-state index in [1.807, 2.05) is 31.3 Å². The van der Waals surface area contributed by atoms with Crippen molar-refractivity contribution < 1.29 is 24.6 Å². The fourth-order valence-corrected chi connectivity index (χ4v) is 2.95. The molecule has 8 heteroatoms. The largest absolute Gasteiger partial charge is 0.391 e. The van der Waals surface area contributed by atoms with Crippen molar-refractivity contribution in [2.75, 3.05) is 27.3 Å². The molecule has 0 spiro atoms. The first-order valence-corrected chi connectivity index (χ1v) is 9.65. The van der Waals surface area contributed by atoms with Crippen LogP contribution in [-0.4, -0.2) is 66.5 Å². The number of rotatable bonds is 10. The summed E-state index contributed by atoms with van der Waals surface area (Å²) in [5, 5.41) is 20.8. The number of benzene rings is 2. The molecule has 0 heterocycles. The average molecular weight is 415 g/mol. The summed E-state index contributed by atoms with van der Waals surface area (Å²) < 4.78 is 5.09. The third kappa shape index (κ3) is 6.64. The zero-order chi connectivity index (χ0) is 22.1. The van der Waals surface area contributed by atoms with Gasteiger partial charge in [-0.15, -0.1) is 0 Å². The highest BCUT2D eigenvalue weighted by molar-refractivity contribution is 5.97. The predicted octanol–water partition coefficient (Wildman–Crippen LogP) is 1.42. The Kier molecular flexibility index (Phi) is 8.94. The number of aliphatic hydroxyl groups is 1. The smallest absolute Gasteiger partial charge is 0.268 e. The van der Waals surface area contributed by atoms with Gasteiger partial charge in [-0.1, -0.05) is 36.4 Å². The first-order valence-electron chi connectivity index (χ1n) is 9.65. The number of aliphatic hydroxyl groups excluding tert-OH is 1. The third-order valence-corrected chi connectivity index (χ3v) is 4.73. The number of nitrogens with zero attached hydrogens (tertiary/aromatic N) is 1. The van der Waals surface area contributed by atoms with Crippen LogP contribution in [-0.2, 0) is 16.1 Å². The Hall–Kier alpha value is -2.78. The molecule has 4 N–H and O–H groups in total. The first-order chi connectivity index (χ1) is 14.3. The van der Waals surface area contributed by atoms with Gasteiger partial charge in [0.1, 0.15) is 6.04 Å². The Morgan fingerprint density at radius 2 is 1.63 bits per heavy atom. The summed E-state index contributed by atoms with van der Waals surface area (Å²) >= 11 is 0. The van der Waals surface area contributed by atoms with E-state index in [1.54, 1.807) is 19.2 Å². The second-order valence-corrected chi connectivity index (χ2v) is 7.17. The molecule has 0 aliphatic heterocycles. The van der Waals surface area contributed by atoms with Gasteiger partial charge in [0.25, 0.3) is 11.8 Å². The Bertz CT molecular complexity index is 822. The van der Waals surface area contributed by atoms with Gasteiger partial charge >= 0.3 is 0 Å². The van der Waals surface area contributed by atoms with E-state index in [-0.39, 0.29) is 0 Å². The molecule has 0 aromatic heterocycles. The van der Waals surface area contributed by atoms with Crippen molar-refractivity contribution in [3.05, 3.63) is 59.7 Å². The topological polar surface area (TPSA) is 111 Å². The molecular weight excluding hydrogens is 386 g/mol. The average Bonchev–Trinajstić information content (AvgIpc) is 2.75. The number of carbonyl (C=O) groups excluding carboxylic acids is 2. The van der Waals surface area contributed by atoms with E-state index in [2.05, 4.69) is 22.3 Å². The molecule has 30 heavy (non-hydrogen) atoms. The van der Waals surface area contributed by atoms with Gasteiger partial charge in [-0.25, -0.2) is 5.48 Å². The van der Waals surface area contributed by atoms with Gasteiger partial charge in [0, 0.05) is 25.8 Å². The highest BCUT2D eigenvalue weighted by Crippen LogP contribution is 2.21. The highest BCUT2D eigenvalue weighted by Gasteiger charge is 2.25. The Morgan fingerprint density at radius 1 is 1.07 bits per heavy atom. The highest BCUT2D eigenvalue weighted by atomic mass is 16.5. The number of ether oxygens (including phenoxy) is 1. The molecule has 0 unspecified atom stereocenters. The van der Waals surface area contributed by atoms with Crippen LogP contribution in [0.5, 0.6) is 0 Å². The summed E-state index contributed by atoms with van der Waals surface area (Å²) in [5.41, 5.74) is 4.94. The fraction of sp³-hybridized carbons (Fsp3) is 0.364. The summed E-state index contributed by atoms with van der Waals surface area (Å²) in [6.45, 7) is 3.73. The van der Waals surface area contributed by atoms with Gasteiger partial charge in [0.05, 0.1) is 12.7 Å². The monoisotopic (exact) mass is 415 g/mol. The lowest BCUT2D eigenvalue weighted by atomic mass is 10.0. The molecule has 8 nitrogen and oxygen atoms in total. The molecular formula is C22H29N3O5. The van der Waals surface area contributed by atoms with Crippen molar-refractivity contribution in [2.24, 2.45) is 0 Å². The molecule has 0 aliphatic rings. The second-order valence-electron chi connectivity index (χ2n) is 7.17. The van der Waals surface area contributed by atoms with Crippen LogP contribution in [0.3, 0.4) is 0 Å². The summed E-state index contributed by atoms with van der Waals surface area (Å²) in [6, 6.07) is 13.9. The minimum atomic E-state index is -1.25. The Balaban J connectivity index is 2.03. The Labute approximate surface area is 176 Å². The number of amides is 2. The maximum atomic E-state index is 12.4. The van der Waals surface area contributed by atoms with Crippen molar-refractivity contribution in [1.29, 1.82) is 0 Å². The van der Waals surface area contributed by atoms with Crippen molar-refractivity contribution in [1.82, 2.24) is 15.7 Å². The number of hydrogen-bond acceptors (Lipinski definition) is 6. The van der Waals surface area contributed by atoms with E-state index in [9.17, 15) is 14.7 Å². The lowest BCUT2D eigenvalue weighted by Crippen LogP contribution is -2.51. The second kappa shape index (κ2) is 11.4. The van der Waals surface area contributed by atoms with Crippen molar-refractivity contribution in [3.63, 3.8) is 0 Å². The van der Waals surface area contributed by atoms with E-state index in [1.165, 1.54) is 18.0 Å². The van der Waals surface area contributed by atoms with Gasteiger partial charge in [-0.05, 0) is 42.8 Å². The summed E-state index contributed by atoms with van der Waals surface area (Å²) in [4.78, 5) is 26.1. The zero-order valence-corrected chi connectivity index (χ0v) is 17.5. The minimum absolute atomic E-state index is 0.339. The fourth-order valence-electron chi connectivity index (χ4n) is 2.95. The molecule has 0 saturated heterocycles. The van der Waals surface area contributed by atoms with Crippen LogP contribution in [0.15, 0.2) is 48.5 Å². The number of carbonyl (C=O) groups is 2. The quantitative estimate of drug-likeness (QED) is 0.345. The molecule has 0 aliphatic carbocycles. The third-order valence-electron chi connectivity index (χ3n) is 4.73. The first kappa shape index (κ1) is 23.5. The molecule has 162 valence electrons. The maximum absolute atomic E-state index is 12.4. The summed E-state index contributed by atoms with van der Waals surface area (Å²) in [6.07, 6.45) is -1.16. The summed E-state index contributed by atoms with van der Waals surface area (Å²) in [7, 11) is 3.73. The SMILES string of the molecule is COCCN(C)Cc1ccc(-c2ccc(C(=O)N[C@H](C(=O)NO)[C@@H](C)O)cc2)cc1. The molecule has 0 fully saturated rings. The van der Waals surface area contributed by atoms with Crippen molar-refractivity contribution >= 4 is 11.8 Å². The van der Waals surface area contributed by atoms with Crippen LogP contribution >= 0.6 is 0 Å². The van der Waals surface area contributed by atoms with Crippen molar-refractivity contribution in [3.8, 4) is 11.1 Å². The van der Waals surface area contributed by atoms with Crippen LogP contribution in [0.2, 0.25) is 0 Å². The van der Waals surface area contributed by atoms with Gasteiger partial charge in [-0.2, -0.15) is 0 Å². The van der Waals surface area contributed by atoms with E-state index >= 15 is 0 Å². The molecule has 2 rings (SSSR count). The van der Waals surface area contributed by atoms with E-state index in [0.717, 1.165) is 24.2 Å². The van der Waals surface area contributed by atoms with Crippen LogP contribution in [0.4, 0.5) is 0 Å². The molecule has 2 atom stereocenters. The van der Waals surface area contributed by atoms with Crippen LogP contribution in [0.1, 0.15) is 22.8 Å². The van der Waals surface area contributed by atoms with Crippen LogP contribution in [0, 0.1) is 0 Å². The van der Waals surface area contributed by atoms with Crippen molar-refractivity contribution in [2.45, 2.75) is 25.6 Å². The van der Waals surface area contributed by atoms with Crippen LogP contribution in [0.25, 0.3) is 11.1 Å². The standard InChI is InChI=1S/C22H29N3O5/c1-15(26)20(22(28)24-29)23-21(27)19-10-8-18(9-11-19)17-6-4-16(5-7-17)14-25(2)12-13-30-3/h4-11,15,20,26,29H,12-14H2,1-3H3,(H,23,27)(H,24,28)/t15-,20+/m1/s1. The van der Waals surface area contributed by atoms with E-state index in [4.69, 9.17) is 9.94 Å². The number of hydrogen-bond donors (Lipinski definition) is 4. The lowest BCUT2D eigenvalue weighted by molar-refractivity contribution is -0.133. The number of methoxy groups -OCH3 is 1. The summed E-state index contributed by atoms with van der Waals surface area (Å²) in [5.74, 6) is -1.41. The lowest BCUT2D eigenvalue weighted by Gasteiger charge is -2.19. The van der Waals surface area contributed by atoms with E-state index < -0.39 is 24.0 Å². The minimum Gasteiger partial charge on any atom is -0.391 e. The van der Waals surface area contributed by atoms with Gasteiger partial charge in [-0.3, -0.25) is 19.7 Å². The van der Waals surface area contributed by atoms with Gasteiger partial charge < -0.3 is 15.2 Å². The normalized spacial score (nSPS) is 13.0. The number of likely N-dealkylation sites (N-methyl/N-ethyl adjacent to an activating group) is 1. The molecule has 2 amide bonds. The Morgan fingerprint density at radius 3 is 2.13 bits per heavy atom. The predicted molar refractivity (Wildman–Crippen MR) is 113 cm³/mol. The molecule has 0 saturated carbocycles. The molecule has 0 radical (unpaired) electrons. The number of nitrogens with one attached hydrogen (secondary N) is 2. The maximum Gasteiger partial charge on any atom is 0.268 e. The molecule has 2 aromatic rings. The molecule has 2 aromatic carbocycles.